The van der Waals surface area contributed by atoms with Crippen molar-refractivity contribution in [3.8, 4) is 0 Å². The van der Waals surface area contributed by atoms with Crippen molar-refractivity contribution in [1.82, 2.24) is 5.32 Å². The fraction of sp³-hybridized carbons (Fsp3) is 0.357. The Morgan fingerprint density at radius 1 is 1.18 bits per heavy atom. The van der Waals surface area contributed by atoms with Gasteiger partial charge in [-0.25, -0.2) is 0 Å². The molecule has 0 atom stereocenters. The van der Waals surface area contributed by atoms with E-state index in [0.29, 0.717) is 6.42 Å². The molecular weight excluding hydrogens is 212 g/mol. The normalized spacial score (nSPS) is 18.8. The van der Waals surface area contributed by atoms with Crippen molar-refractivity contribution in [1.29, 1.82) is 0 Å². The summed E-state index contributed by atoms with van der Waals surface area (Å²) in [6.45, 7) is 2.15. The van der Waals surface area contributed by atoms with E-state index in [1.54, 1.807) is 0 Å². The van der Waals surface area contributed by atoms with Crippen LogP contribution >= 0.6 is 0 Å². The van der Waals surface area contributed by atoms with Gasteiger partial charge in [0.2, 0.25) is 5.91 Å². The van der Waals surface area contributed by atoms with Gasteiger partial charge in [-0.2, -0.15) is 0 Å². The Morgan fingerprint density at radius 3 is 2.82 bits per heavy atom. The Kier molecular flexibility index (Phi) is 2.69. The molecule has 3 heteroatoms. The van der Waals surface area contributed by atoms with E-state index in [2.05, 4.69) is 34.9 Å². The minimum absolute atomic E-state index is 0.103. The van der Waals surface area contributed by atoms with E-state index in [0.717, 1.165) is 37.2 Å². The molecule has 2 heterocycles. The molecule has 0 radical (unpaired) electrons. The lowest BCUT2D eigenvalue weighted by atomic mass is 10.0. The maximum Gasteiger partial charge on any atom is 0.228 e. The Bertz CT molecular complexity index is 483. The van der Waals surface area contributed by atoms with Gasteiger partial charge in [0.05, 0.1) is 6.42 Å². The second-order valence-electron chi connectivity index (χ2n) is 4.69. The zero-order valence-electron chi connectivity index (χ0n) is 9.75. The van der Waals surface area contributed by atoms with Crippen molar-refractivity contribution in [3.63, 3.8) is 0 Å². The maximum atomic E-state index is 11.3. The fourth-order valence-corrected chi connectivity index (χ4v) is 2.45. The van der Waals surface area contributed by atoms with Crippen LogP contribution < -0.4 is 10.6 Å². The molecule has 0 spiro atoms. The SMILES string of the molecule is O=C1Cc2ccc(C=C3CCNCC3)cc2N1. The number of benzene rings is 1. The van der Waals surface area contributed by atoms with E-state index in [4.69, 9.17) is 0 Å². The molecule has 1 saturated heterocycles. The van der Waals surface area contributed by atoms with Crippen molar-refractivity contribution in [2.24, 2.45) is 0 Å². The van der Waals surface area contributed by atoms with Crippen LogP contribution in [0.5, 0.6) is 0 Å². The first-order valence-electron chi connectivity index (χ1n) is 6.14. The number of carbonyl (C=O) groups is 1. The predicted octanol–water partition coefficient (Wildman–Crippen LogP) is 1.95. The van der Waals surface area contributed by atoms with Gasteiger partial charge in [0.15, 0.2) is 0 Å². The van der Waals surface area contributed by atoms with Gasteiger partial charge in [0.1, 0.15) is 0 Å². The third-order valence-corrected chi connectivity index (χ3v) is 3.38. The highest BCUT2D eigenvalue weighted by Gasteiger charge is 2.17. The second-order valence-corrected chi connectivity index (χ2v) is 4.69. The highest BCUT2D eigenvalue weighted by molar-refractivity contribution is 5.99. The van der Waals surface area contributed by atoms with Crippen molar-refractivity contribution < 1.29 is 4.79 Å². The minimum Gasteiger partial charge on any atom is -0.326 e. The smallest absolute Gasteiger partial charge is 0.228 e. The van der Waals surface area contributed by atoms with E-state index in [1.807, 2.05) is 0 Å². The first kappa shape index (κ1) is 10.5. The van der Waals surface area contributed by atoms with Crippen LogP contribution in [-0.4, -0.2) is 19.0 Å². The molecule has 2 aliphatic heterocycles. The molecule has 1 amide bonds. The van der Waals surface area contributed by atoms with Gasteiger partial charge >= 0.3 is 0 Å². The number of carbonyl (C=O) groups excluding carboxylic acids is 1. The minimum atomic E-state index is 0.103. The second kappa shape index (κ2) is 4.34. The summed E-state index contributed by atoms with van der Waals surface area (Å²) < 4.78 is 0. The van der Waals surface area contributed by atoms with E-state index < -0.39 is 0 Å². The number of hydrogen-bond donors (Lipinski definition) is 2. The summed E-state index contributed by atoms with van der Waals surface area (Å²) in [5, 5.41) is 6.24. The van der Waals surface area contributed by atoms with Gasteiger partial charge in [0.25, 0.3) is 0 Å². The van der Waals surface area contributed by atoms with Gasteiger partial charge in [-0.05, 0) is 43.1 Å². The van der Waals surface area contributed by atoms with Crippen LogP contribution in [0.4, 0.5) is 5.69 Å². The zero-order valence-corrected chi connectivity index (χ0v) is 9.75. The Morgan fingerprint density at radius 2 is 2.00 bits per heavy atom. The fourth-order valence-electron chi connectivity index (χ4n) is 2.45. The molecule has 0 aromatic heterocycles. The Labute approximate surface area is 101 Å². The molecule has 0 unspecified atom stereocenters. The van der Waals surface area contributed by atoms with Crippen LogP contribution in [0.3, 0.4) is 0 Å². The van der Waals surface area contributed by atoms with Crippen LogP contribution in [0.25, 0.3) is 6.08 Å². The predicted molar refractivity (Wildman–Crippen MR) is 68.9 cm³/mol. The molecule has 1 fully saturated rings. The number of hydrogen-bond acceptors (Lipinski definition) is 2. The van der Waals surface area contributed by atoms with Crippen molar-refractivity contribution >= 4 is 17.7 Å². The van der Waals surface area contributed by atoms with Crippen molar-refractivity contribution in [2.75, 3.05) is 18.4 Å². The lowest BCUT2D eigenvalue weighted by Gasteiger charge is -2.15. The Balaban J connectivity index is 1.85. The molecular formula is C14H16N2O. The van der Waals surface area contributed by atoms with Gasteiger partial charge in [-0.15, -0.1) is 0 Å². The highest BCUT2D eigenvalue weighted by atomic mass is 16.1. The standard InChI is InChI=1S/C14H16N2O/c17-14-9-12-2-1-11(8-13(12)16-14)7-10-3-5-15-6-4-10/h1-2,7-8,15H,3-6,9H2,(H,16,17). The summed E-state index contributed by atoms with van der Waals surface area (Å²) in [6, 6.07) is 6.24. The zero-order chi connectivity index (χ0) is 11.7. The van der Waals surface area contributed by atoms with Gasteiger partial charge in [0, 0.05) is 5.69 Å². The molecule has 0 aliphatic carbocycles. The number of rotatable bonds is 1. The van der Waals surface area contributed by atoms with E-state index >= 15 is 0 Å². The van der Waals surface area contributed by atoms with Crippen molar-refractivity contribution in [3.05, 3.63) is 34.9 Å². The lowest BCUT2D eigenvalue weighted by molar-refractivity contribution is -0.115. The number of nitrogens with one attached hydrogen (secondary N) is 2. The third kappa shape index (κ3) is 2.24. The van der Waals surface area contributed by atoms with Gasteiger partial charge < -0.3 is 10.6 Å². The summed E-state index contributed by atoms with van der Waals surface area (Å²) in [5.74, 6) is 0.103. The first-order valence-corrected chi connectivity index (χ1v) is 6.14. The van der Waals surface area contributed by atoms with Crippen molar-refractivity contribution in [2.45, 2.75) is 19.3 Å². The molecule has 2 aliphatic rings. The number of piperidine rings is 1. The maximum absolute atomic E-state index is 11.3. The molecule has 1 aromatic carbocycles. The van der Waals surface area contributed by atoms with Crippen LogP contribution in [0.2, 0.25) is 0 Å². The lowest BCUT2D eigenvalue weighted by Crippen LogP contribution is -2.22. The van der Waals surface area contributed by atoms with Crippen LogP contribution in [0, 0.1) is 0 Å². The average Bonchev–Trinajstić information content (AvgIpc) is 2.70. The monoisotopic (exact) mass is 228 g/mol. The first-order chi connectivity index (χ1) is 8.31. The summed E-state index contributed by atoms with van der Waals surface area (Å²) in [7, 11) is 0. The summed E-state index contributed by atoms with van der Waals surface area (Å²) in [6.07, 6.45) is 5.04. The van der Waals surface area contributed by atoms with Crippen LogP contribution in [0.1, 0.15) is 24.0 Å². The molecule has 1 aromatic rings. The van der Waals surface area contributed by atoms with Crippen LogP contribution in [0.15, 0.2) is 23.8 Å². The number of fused-ring (bicyclic) bond motifs is 1. The number of amides is 1. The molecule has 2 N–H and O–H groups in total. The molecule has 17 heavy (non-hydrogen) atoms. The topological polar surface area (TPSA) is 41.1 Å². The Hall–Kier alpha value is -1.61. The third-order valence-electron chi connectivity index (χ3n) is 3.38. The largest absolute Gasteiger partial charge is 0.326 e. The van der Waals surface area contributed by atoms with Gasteiger partial charge in [-0.1, -0.05) is 23.8 Å². The van der Waals surface area contributed by atoms with E-state index in [1.165, 1.54) is 11.1 Å². The van der Waals surface area contributed by atoms with E-state index in [-0.39, 0.29) is 5.91 Å². The van der Waals surface area contributed by atoms with E-state index in [9.17, 15) is 4.79 Å². The molecule has 0 saturated carbocycles. The summed E-state index contributed by atoms with van der Waals surface area (Å²) in [5.41, 5.74) is 4.79. The quantitative estimate of drug-likeness (QED) is 0.771. The van der Waals surface area contributed by atoms with Gasteiger partial charge in [-0.3, -0.25) is 4.79 Å². The average molecular weight is 228 g/mol. The molecule has 3 nitrogen and oxygen atoms in total. The summed E-state index contributed by atoms with van der Waals surface area (Å²) in [4.78, 5) is 11.3. The molecule has 3 rings (SSSR count). The summed E-state index contributed by atoms with van der Waals surface area (Å²) >= 11 is 0. The van der Waals surface area contributed by atoms with Crippen LogP contribution in [-0.2, 0) is 11.2 Å². The molecule has 88 valence electrons. The highest BCUT2D eigenvalue weighted by Crippen LogP contribution is 2.25. The number of anilines is 1. The molecule has 0 bridgehead atoms.